The Kier molecular flexibility index (Phi) is 6.56. The van der Waals surface area contributed by atoms with Gasteiger partial charge in [-0.15, -0.1) is 12.4 Å². The zero-order chi connectivity index (χ0) is 14.3. The van der Waals surface area contributed by atoms with Crippen LogP contribution in [0.25, 0.3) is 0 Å². The van der Waals surface area contributed by atoms with Gasteiger partial charge in [0, 0.05) is 38.4 Å². The second-order valence-electron chi connectivity index (χ2n) is 5.33. The average molecular weight is 319 g/mol. The van der Waals surface area contributed by atoms with Gasteiger partial charge in [0.05, 0.1) is 0 Å². The number of hydrogen-bond donors (Lipinski definition) is 0. The van der Waals surface area contributed by atoms with Gasteiger partial charge in [0.2, 0.25) is 0 Å². The molecule has 0 N–H and O–H groups in total. The molecule has 22 heavy (non-hydrogen) atoms. The number of hydrogen-bond acceptors (Lipinski definition) is 3. The molecule has 0 spiro atoms. The fourth-order valence-corrected chi connectivity index (χ4v) is 2.68. The van der Waals surface area contributed by atoms with Gasteiger partial charge in [-0.05, 0) is 24.3 Å². The monoisotopic (exact) mass is 318 g/mol. The summed E-state index contributed by atoms with van der Waals surface area (Å²) in [6.07, 6.45) is 0. The zero-order valence-corrected chi connectivity index (χ0v) is 13.5. The van der Waals surface area contributed by atoms with Crippen molar-refractivity contribution in [2.45, 2.75) is 0 Å². The summed E-state index contributed by atoms with van der Waals surface area (Å²) in [5, 5.41) is 0. The van der Waals surface area contributed by atoms with E-state index in [1.165, 1.54) is 5.69 Å². The molecular weight excluding hydrogens is 296 g/mol. The molecular formula is C18H23ClN2O. The minimum absolute atomic E-state index is 0. The van der Waals surface area contributed by atoms with E-state index in [4.69, 9.17) is 4.74 Å². The molecule has 0 aromatic heterocycles. The molecule has 1 aliphatic heterocycles. The maximum atomic E-state index is 5.76. The first-order chi connectivity index (χ1) is 10.4. The number of nitrogens with zero attached hydrogens (tertiary/aromatic N) is 2. The molecule has 2 aromatic carbocycles. The molecule has 1 fully saturated rings. The lowest BCUT2D eigenvalue weighted by Gasteiger charge is -2.36. The number of benzene rings is 2. The summed E-state index contributed by atoms with van der Waals surface area (Å²) < 4.78 is 5.76. The van der Waals surface area contributed by atoms with Gasteiger partial charge in [0.25, 0.3) is 0 Å². The molecule has 0 aliphatic carbocycles. The van der Waals surface area contributed by atoms with Gasteiger partial charge < -0.3 is 9.64 Å². The van der Waals surface area contributed by atoms with Crippen LogP contribution in [0.15, 0.2) is 60.7 Å². The minimum atomic E-state index is 0. The van der Waals surface area contributed by atoms with Crippen LogP contribution in [0.1, 0.15) is 0 Å². The molecule has 3 rings (SSSR count). The first-order valence-electron chi connectivity index (χ1n) is 7.62. The molecule has 0 radical (unpaired) electrons. The Bertz CT molecular complexity index is 525. The molecule has 4 heteroatoms. The molecule has 118 valence electrons. The Balaban J connectivity index is 0.00000176. The zero-order valence-electron chi connectivity index (χ0n) is 12.7. The first-order valence-corrected chi connectivity index (χ1v) is 7.62. The highest BCUT2D eigenvalue weighted by molar-refractivity contribution is 5.85. The van der Waals surface area contributed by atoms with Gasteiger partial charge >= 0.3 is 0 Å². The molecule has 0 saturated carbocycles. The van der Waals surface area contributed by atoms with Crippen LogP contribution in [-0.2, 0) is 0 Å². The van der Waals surface area contributed by atoms with E-state index in [0.29, 0.717) is 0 Å². The highest BCUT2D eigenvalue weighted by atomic mass is 35.5. The van der Waals surface area contributed by atoms with Gasteiger partial charge in [-0.25, -0.2) is 0 Å². The van der Waals surface area contributed by atoms with Crippen LogP contribution in [0, 0.1) is 0 Å². The highest BCUT2D eigenvalue weighted by Gasteiger charge is 2.16. The molecule has 2 aromatic rings. The van der Waals surface area contributed by atoms with Crippen LogP contribution in [0.2, 0.25) is 0 Å². The number of halogens is 1. The van der Waals surface area contributed by atoms with Crippen LogP contribution in [0.3, 0.4) is 0 Å². The summed E-state index contributed by atoms with van der Waals surface area (Å²) in [5.74, 6) is 0.959. The number of rotatable bonds is 5. The molecule has 3 nitrogen and oxygen atoms in total. The first kappa shape index (κ1) is 16.7. The van der Waals surface area contributed by atoms with Crippen LogP contribution < -0.4 is 9.64 Å². The Morgan fingerprint density at radius 3 is 2.00 bits per heavy atom. The molecule has 1 heterocycles. The maximum Gasteiger partial charge on any atom is 0.119 e. The quantitative estimate of drug-likeness (QED) is 0.841. The van der Waals surface area contributed by atoms with Crippen LogP contribution >= 0.6 is 12.4 Å². The van der Waals surface area contributed by atoms with Crippen LogP contribution in [0.5, 0.6) is 5.75 Å². The van der Waals surface area contributed by atoms with Crippen molar-refractivity contribution in [2.24, 2.45) is 0 Å². The molecule has 1 aliphatic rings. The van der Waals surface area contributed by atoms with E-state index in [-0.39, 0.29) is 12.4 Å². The lowest BCUT2D eigenvalue weighted by atomic mass is 10.2. The van der Waals surface area contributed by atoms with Crippen molar-refractivity contribution in [3.63, 3.8) is 0 Å². The second kappa shape index (κ2) is 8.66. The van der Waals surface area contributed by atoms with E-state index in [9.17, 15) is 0 Å². The van der Waals surface area contributed by atoms with Crippen molar-refractivity contribution in [1.82, 2.24) is 4.90 Å². The van der Waals surface area contributed by atoms with Gasteiger partial charge in [0.15, 0.2) is 0 Å². The third-order valence-electron chi connectivity index (χ3n) is 3.91. The lowest BCUT2D eigenvalue weighted by molar-refractivity contribution is 0.200. The second-order valence-corrected chi connectivity index (χ2v) is 5.33. The molecule has 1 saturated heterocycles. The standard InChI is InChI=1S/C18H22N2O.ClH/c1-3-7-17(8-4-1)20-13-11-19(12-14-20)15-16-21-18-9-5-2-6-10-18;/h1-10H,11-16H2;1H. The Morgan fingerprint density at radius 1 is 0.773 bits per heavy atom. The summed E-state index contributed by atoms with van der Waals surface area (Å²) in [6.45, 7) is 6.15. The maximum absolute atomic E-state index is 5.76. The predicted molar refractivity (Wildman–Crippen MR) is 94.3 cm³/mol. The lowest BCUT2D eigenvalue weighted by Crippen LogP contribution is -2.47. The smallest absolute Gasteiger partial charge is 0.119 e. The summed E-state index contributed by atoms with van der Waals surface area (Å²) >= 11 is 0. The summed E-state index contributed by atoms with van der Waals surface area (Å²) in [7, 11) is 0. The van der Waals surface area contributed by atoms with E-state index in [2.05, 4.69) is 40.1 Å². The van der Waals surface area contributed by atoms with E-state index < -0.39 is 0 Å². The van der Waals surface area contributed by atoms with Crippen LogP contribution in [0.4, 0.5) is 5.69 Å². The average Bonchev–Trinajstić information content (AvgIpc) is 2.57. The fraction of sp³-hybridized carbons (Fsp3) is 0.333. The van der Waals surface area contributed by atoms with Gasteiger partial charge in [0.1, 0.15) is 12.4 Å². The molecule has 0 bridgehead atoms. The topological polar surface area (TPSA) is 15.7 Å². The summed E-state index contributed by atoms with van der Waals surface area (Å²) in [5.41, 5.74) is 1.33. The van der Waals surface area contributed by atoms with Gasteiger partial charge in [-0.1, -0.05) is 36.4 Å². The summed E-state index contributed by atoms with van der Waals surface area (Å²) in [4.78, 5) is 4.93. The molecule has 0 unspecified atom stereocenters. The molecule has 0 amide bonds. The van der Waals surface area contributed by atoms with E-state index in [1.807, 2.05) is 30.3 Å². The normalized spacial score (nSPS) is 15.2. The number of anilines is 1. The highest BCUT2D eigenvalue weighted by Crippen LogP contribution is 2.15. The third-order valence-corrected chi connectivity index (χ3v) is 3.91. The van der Waals surface area contributed by atoms with E-state index in [0.717, 1.165) is 45.1 Å². The Morgan fingerprint density at radius 2 is 1.36 bits per heavy atom. The fourth-order valence-electron chi connectivity index (χ4n) is 2.68. The van der Waals surface area contributed by atoms with Crippen molar-refractivity contribution in [2.75, 3.05) is 44.2 Å². The summed E-state index contributed by atoms with van der Waals surface area (Å²) in [6, 6.07) is 20.7. The van der Waals surface area contributed by atoms with Crippen LogP contribution in [-0.4, -0.2) is 44.2 Å². The number of para-hydroxylation sites is 2. The van der Waals surface area contributed by atoms with Crippen molar-refractivity contribution in [1.29, 1.82) is 0 Å². The van der Waals surface area contributed by atoms with Crippen molar-refractivity contribution in [3.8, 4) is 5.75 Å². The van der Waals surface area contributed by atoms with E-state index >= 15 is 0 Å². The third kappa shape index (κ3) is 4.65. The predicted octanol–water partition coefficient (Wildman–Crippen LogP) is 3.31. The molecule has 0 atom stereocenters. The number of piperazine rings is 1. The van der Waals surface area contributed by atoms with Crippen molar-refractivity contribution in [3.05, 3.63) is 60.7 Å². The minimum Gasteiger partial charge on any atom is -0.492 e. The van der Waals surface area contributed by atoms with Gasteiger partial charge in [-0.2, -0.15) is 0 Å². The largest absolute Gasteiger partial charge is 0.492 e. The Hall–Kier alpha value is -1.71. The number of ether oxygens (including phenoxy) is 1. The van der Waals surface area contributed by atoms with Gasteiger partial charge in [-0.3, -0.25) is 4.90 Å². The Labute approximate surface area is 138 Å². The SMILES string of the molecule is Cl.c1ccc(OCCN2CCN(c3ccccc3)CC2)cc1. The van der Waals surface area contributed by atoms with E-state index in [1.54, 1.807) is 0 Å². The van der Waals surface area contributed by atoms with Crippen molar-refractivity contribution < 1.29 is 4.74 Å². The van der Waals surface area contributed by atoms with Crippen molar-refractivity contribution >= 4 is 18.1 Å².